The Balaban J connectivity index is 1.18. The SMILES string of the molecule is O=C(N1CCN(CC=Cc2ccccc2)CC1)C1(c2cc(-c3ccccc3)on2)CC1. The fraction of sp³-hybridized carbons (Fsp3) is 0.308. The smallest absolute Gasteiger partial charge is 0.235 e. The molecule has 5 nitrogen and oxygen atoms in total. The van der Waals surface area contributed by atoms with Crippen LogP contribution >= 0.6 is 0 Å². The second-order valence-electron chi connectivity index (χ2n) is 8.43. The molecular weight excluding hydrogens is 386 g/mol. The van der Waals surface area contributed by atoms with Crippen molar-refractivity contribution in [3.63, 3.8) is 0 Å². The number of benzene rings is 2. The Morgan fingerprint density at radius 3 is 2.32 bits per heavy atom. The molecule has 0 bridgehead atoms. The number of hydrogen-bond donors (Lipinski definition) is 0. The summed E-state index contributed by atoms with van der Waals surface area (Å²) in [6, 6.07) is 22.2. The highest BCUT2D eigenvalue weighted by atomic mass is 16.5. The molecule has 3 aromatic rings. The molecule has 1 aromatic heterocycles. The molecule has 0 unspecified atom stereocenters. The third-order valence-corrected chi connectivity index (χ3v) is 6.35. The van der Waals surface area contributed by atoms with Crippen molar-refractivity contribution in [1.29, 1.82) is 0 Å². The van der Waals surface area contributed by atoms with Crippen LogP contribution in [0.3, 0.4) is 0 Å². The van der Waals surface area contributed by atoms with Gasteiger partial charge in [-0.25, -0.2) is 0 Å². The fourth-order valence-corrected chi connectivity index (χ4v) is 4.28. The Morgan fingerprint density at radius 1 is 0.968 bits per heavy atom. The predicted molar refractivity (Wildman–Crippen MR) is 121 cm³/mol. The molecule has 2 aliphatic rings. The van der Waals surface area contributed by atoms with E-state index in [-0.39, 0.29) is 5.91 Å². The van der Waals surface area contributed by atoms with E-state index in [2.05, 4.69) is 46.5 Å². The van der Waals surface area contributed by atoms with Gasteiger partial charge >= 0.3 is 0 Å². The lowest BCUT2D eigenvalue weighted by Gasteiger charge is -2.35. The van der Waals surface area contributed by atoms with Crippen molar-refractivity contribution < 1.29 is 9.32 Å². The maximum absolute atomic E-state index is 13.3. The minimum atomic E-state index is -0.480. The van der Waals surface area contributed by atoms with Gasteiger partial charge in [0, 0.05) is 44.4 Å². The zero-order valence-corrected chi connectivity index (χ0v) is 17.6. The van der Waals surface area contributed by atoms with E-state index in [4.69, 9.17) is 4.52 Å². The fourth-order valence-electron chi connectivity index (χ4n) is 4.28. The number of rotatable bonds is 6. The molecule has 2 aromatic carbocycles. The van der Waals surface area contributed by atoms with Gasteiger partial charge in [0.15, 0.2) is 5.76 Å². The molecule has 31 heavy (non-hydrogen) atoms. The Kier molecular flexibility index (Phi) is 5.43. The van der Waals surface area contributed by atoms with Crippen molar-refractivity contribution in [1.82, 2.24) is 15.0 Å². The zero-order chi connectivity index (χ0) is 21.1. The minimum absolute atomic E-state index is 0.208. The molecule has 0 radical (unpaired) electrons. The molecule has 1 amide bonds. The summed E-state index contributed by atoms with van der Waals surface area (Å²) in [5.74, 6) is 0.935. The van der Waals surface area contributed by atoms with E-state index in [0.29, 0.717) is 0 Å². The van der Waals surface area contributed by atoms with Crippen LogP contribution in [0.4, 0.5) is 0 Å². The van der Waals surface area contributed by atoms with Crippen molar-refractivity contribution in [3.05, 3.63) is 84.1 Å². The molecule has 0 atom stereocenters. The van der Waals surface area contributed by atoms with Crippen LogP contribution in [0.15, 0.2) is 77.3 Å². The van der Waals surface area contributed by atoms with E-state index in [0.717, 1.165) is 62.6 Å². The first kappa shape index (κ1) is 19.8. The van der Waals surface area contributed by atoms with Crippen LogP contribution in [0.5, 0.6) is 0 Å². The number of hydrogen-bond acceptors (Lipinski definition) is 4. The molecule has 5 rings (SSSR count). The lowest BCUT2D eigenvalue weighted by Crippen LogP contribution is -2.51. The molecule has 1 saturated heterocycles. The maximum atomic E-state index is 13.3. The summed E-state index contributed by atoms with van der Waals surface area (Å²) in [6.07, 6.45) is 6.07. The number of carbonyl (C=O) groups excluding carboxylic acids is 1. The van der Waals surface area contributed by atoms with Crippen molar-refractivity contribution in [2.75, 3.05) is 32.7 Å². The summed E-state index contributed by atoms with van der Waals surface area (Å²) in [7, 11) is 0. The lowest BCUT2D eigenvalue weighted by molar-refractivity contribution is -0.135. The average Bonchev–Trinajstić information content (AvgIpc) is 3.49. The van der Waals surface area contributed by atoms with E-state index in [1.54, 1.807) is 0 Å². The maximum Gasteiger partial charge on any atom is 0.235 e. The summed E-state index contributed by atoms with van der Waals surface area (Å²) in [6.45, 7) is 4.24. The molecular formula is C26H27N3O2. The number of piperazine rings is 1. The molecule has 1 aliphatic heterocycles. The molecule has 2 fully saturated rings. The van der Waals surface area contributed by atoms with Crippen LogP contribution < -0.4 is 0 Å². The van der Waals surface area contributed by atoms with Gasteiger partial charge in [-0.05, 0) is 18.4 Å². The molecule has 0 spiro atoms. The molecule has 1 aliphatic carbocycles. The molecule has 158 valence electrons. The van der Waals surface area contributed by atoms with Gasteiger partial charge in [0.25, 0.3) is 0 Å². The van der Waals surface area contributed by atoms with Crippen molar-refractivity contribution in [2.45, 2.75) is 18.3 Å². The first-order valence-electron chi connectivity index (χ1n) is 11.0. The van der Waals surface area contributed by atoms with Gasteiger partial charge < -0.3 is 9.42 Å². The lowest BCUT2D eigenvalue weighted by atomic mass is 9.99. The molecule has 0 N–H and O–H groups in total. The van der Waals surface area contributed by atoms with E-state index >= 15 is 0 Å². The highest BCUT2D eigenvalue weighted by Crippen LogP contribution is 2.49. The van der Waals surface area contributed by atoms with Crippen molar-refractivity contribution >= 4 is 12.0 Å². The van der Waals surface area contributed by atoms with Crippen LogP contribution in [0.25, 0.3) is 17.4 Å². The van der Waals surface area contributed by atoms with Crippen LogP contribution in [-0.4, -0.2) is 53.6 Å². The third-order valence-electron chi connectivity index (χ3n) is 6.35. The van der Waals surface area contributed by atoms with Gasteiger partial charge in [-0.2, -0.15) is 0 Å². The van der Waals surface area contributed by atoms with Crippen LogP contribution in [0.2, 0.25) is 0 Å². The largest absolute Gasteiger partial charge is 0.356 e. The second kappa shape index (κ2) is 8.52. The van der Waals surface area contributed by atoms with E-state index in [1.165, 1.54) is 5.56 Å². The van der Waals surface area contributed by atoms with Crippen molar-refractivity contribution in [2.24, 2.45) is 0 Å². The van der Waals surface area contributed by atoms with Gasteiger partial charge in [-0.3, -0.25) is 9.69 Å². The van der Waals surface area contributed by atoms with E-state index in [9.17, 15) is 4.79 Å². The van der Waals surface area contributed by atoms with Crippen molar-refractivity contribution in [3.8, 4) is 11.3 Å². The zero-order valence-electron chi connectivity index (χ0n) is 17.6. The van der Waals surface area contributed by atoms with Gasteiger partial charge in [0.05, 0.1) is 11.1 Å². The van der Waals surface area contributed by atoms with E-state index < -0.39 is 5.41 Å². The van der Waals surface area contributed by atoms with E-state index in [1.807, 2.05) is 47.4 Å². The summed E-state index contributed by atoms with van der Waals surface area (Å²) >= 11 is 0. The minimum Gasteiger partial charge on any atom is -0.356 e. The summed E-state index contributed by atoms with van der Waals surface area (Å²) in [5, 5.41) is 4.28. The first-order chi connectivity index (χ1) is 15.2. The van der Waals surface area contributed by atoms with Crippen LogP contribution in [-0.2, 0) is 10.2 Å². The summed E-state index contributed by atoms with van der Waals surface area (Å²) < 4.78 is 5.58. The Labute approximate surface area is 183 Å². The predicted octanol–water partition coefficient (Wildman–Crippen LogP) is 4.23. The van der Waals surface area contributed by atoms with Crippen LogP contribution in [0.1, 0.15) is 24.1 Å². The van der Waals surface area contributed by atoms with Gasteiger partial charge in [0.2, 0.25) is 5.91 Å². The Bertz CT molecular complexity index is 1050. The molecule has 1 saturated carbocycles. The summed E-state index contributed by atoms with van der Waals surface area (Å²) in [4.78, 5) is 17.8. The standard InChI is InChI=1S/C26H27N3O2/c30-25(26(13-14-26)24-20-23(31-27-24)22-11-5-2-6-12-22)29-18-16-28(17-19-29)15-7-10-21-8-3-1-4-9-21/h1-12,20H,13-19H2. The molecule has 5 heteroatoms. The highest BCUT2D eigenvalue weighted by molar-refractivity contribution is 5.91. The quantitative estimate of drug-likeness (QED) is 0.607. The number of carbonyl (C=O) groups is 1. The average molecular weight is 414 g/mol. The van der Waals surface area contributed by atoms with Gasteiger partial charge in [-0.1, -0.05) is 78.0 Å². The normalized spacial score (nSPS) is 18.4. The summed E-state index contributed by atoms with van der Waals surface area (Å²) in [5.41, 5.74) is 2.51. The van der Waals surface area contributed by atoms with Gasteiger partial charge in [-0.15, -0.1) is 0 Å². The number of amides is 1. The third kappa shape index (κ3) is 4.19. The van der Waals surface area contributed by atoms with Crippen LogP contribution in [0, 0.1) is 0 Å². The number of aromatic nitrogens is 1. The van der Waals surface area contributed by atoms with Gasteiger partial charge in [0.1, 0.15) is 0 Å². The second-order valence-corrected chi connectivity index (χ2v) is 8.43. The molecule has 2 heterocycles. The first-order valence-corrected chi connectivity index (χ1v) is 11.0. The highest BCUT2D eigenvalue weighted by Gasteiger charge is 2.55. The monoisotopic (exact) mass is 413 g/mol. The number of nitrogens with zero attached hydrogens (tertiary/aromatic N) is 3. The Hall–Kier alpha value is -3.18. The Morgan fingerprint density at radius 2 is 1.65 bits per heavy atom. The topological polar surface area (TPSA) is 49.6 Å².